The summed E-state index contributed by atoms with van der Waals surface area (Å²) in [6, 6.07) is 16.0. The molecule has 0 saturated carbocycles. The summed E-state index contributed by atoms with van der Waals surface area (Å²) in [7, 11) is 0. The first kappa shape index (κ1) is 14.6. The number of hydrogen-bond donors (Lipinski definition) is 2. The Labute approximate surface area is 130 Å². The average molecular weight is 297 g/mol. The molecule has 1 heterocycles. The number of aliphatic hydroxyl groups excluding tert-OH is 1. The molecule has 0 aliphatic rings. The number of aliphatic hydroxyl groups is 1. The number of H-pyrrole nitrogens is 1. The van der Waals surface area contributed by atoms with Gasteiger partial charge in [-0.25, -0.2) is 9.55 Å². The SMILES string of the molecule is Cc1ccccc1OCC[n+]1c(C(C)O)[nH]c2ccccc21. The highest BCUT2D eigenvalue weighted by Crippen LogP contribution is 2.17. The number of ether oxygens (including phenoxy) is 1. The second-order valence-corrected chi connectivity index (χ2v) is 5.47. The Balaban J connectivity index is 1.81. The summed E-state index contributed by atoms with van der Waals surface area (Å²) in [5.41, 5.74) is 3.23. The largest absolute Gasteiger partial charge is 0.489 e. The minimum atomic E-state index is -0.550. The van der Waals surface area contributed by atoms with Crippen molar-refractivity contribution in [2.75, 3.05) is 6.61 Å². The van der Waals surface area contributed by atoms with E-state index in [1.807, 2.05) is 55.5 Å². The number of aromatic amines is 1. The third-order valence-corrected chi connectivity index (χ3v) is 3.81. The molecule has 22 heavy (non-hydrogen) atoms. The summed E-state index contributed by atoms with van der Waals surface area (Å²) in [5, 5.41) is 9.97. The number of nitrogens with one attached hydrogen (secondary N) is 1. The van der Waals surface area contributed by atoms with Gasteiger partial charge in [0, 0.05) is 0 Å². The van der Waals surface area contributed by atoms with E-state index in [-0.39, 0.29) is 0 Å². The van der Waals surface area contributed by atoms with E-state index in [9.17, 15) is 5.11 Å². The lowest BCUT2D eigenvalue weighted by Gasteiger charge is -2.09. The van der Waals surface area contributed by atoms with E-state index < -0.39 is 6.10 Å². The van der Waals surface area contributed by atoms with Crippen molar-refractivity contribution in [3.8, 4) is 5.75 Å². The van der Waals surface area contributed by atoms with Gasteiger partial charge in [-0.05, 0) is 37.6 Å². The van der Waals surface area contributed by atoms with E-state index in [4.69, 9.17) is 4.74 Å². The van der Waals surface area contributed by atoms with Crippen molar-refractivity contribution in [1.82, 2.24) is 4.98 Å². The van der Waals surface area contributed by atoms with Crippen molar-refractivity contribution in [3.05, 3.63) is 59.9 Å². The molecule has 0 aliphatic heterocycles. The Morgan fingerprint density at radius 1 is 1.14 bits per heavy atom. The highest BCUT2D eigenvalue weighted by molar-refractivity contribution is 5.71. The number of nitrogens with zero attached hydrogens (tertiary/aromatic N) is 1. The molecule has 2 aromatic carbocycles. The molecule has 114 valence electrons. The van der Waals surface area contributed by atoms with Crippen LogP contribution in [-0.4, -0.2) is 16.7 Å². The monoisotopic (exact) mass is 297 g/mol. The number of para-hydroxylation sites is 3. The molecule has 4 heteroatoms. The molecular formula is C18H21N2O2+. The number of aryl methyl sites for hydroxylation is 1. The summed E-state index contributed by atoms with van der Waals surface area (Å²) in [4.78, 5) is 3.28. The fourth-order valence-corrected chi connectivity index (χ4v) is 2.69. The molecule has 0 bridgehead atoms. The van der Waals surface area contributed by atoms with Gasteiger partial charge in [-0.3, -0.25) is 0 Å². The topological polar surface area (TPSA) is 49.1 Å². The van der Waals surface area contributed by atoms with Gasteiger partial charge in [-0.2, -0.15) is 0 Å². The number of aromatic nitrogens is 2. The molecule has 3 aromatic rings. The van der Waals surface area contributed by atoms with Crippen molar-refractivity contribution in [2.24, 2.45) is 0 Å². The van der Waals surface area contributed by atoms with E-state index in [0.29, 0.717) is 13.2 Å². The Kier molecular flexibility index (Phi) is 4.11. The third kappa shape index (κ3) is 2.83. The second-order valence-electron chi connectivity index (χ2n) is 5.47. The highest BCUT2D eigenvalue weighted by atomic mass is 16.5. The van der Waals surface area contributed by atoms with E-state index in [0.717, 1.165) is 28.2 Å². The molecule has 1 aromatic heterocycles. The minimum absolute atomic E-state index is 0.550. The molecule has 0 saturated heterocycles. The van der Waals surface area contributed by atoms with E-state index in [1.54, 1.807) is 6.92 Å². The summed E-state index contributed by atoms with van der Waals surface area (Å²) in [5.74, 6) is 1.70. The maximum atomic E-state index is 9.97. The van der Waals surface area contributed by atoms with Crippen LogP contribution in [0.4, 0.5) is 0 Å². The predicted octanol–water partition coefficient (Wildman–Crippen LogP) is 2.90. The smallest absolute Gasteiger partial charge is 0.284 e. The van der Waals surface area contributed by atoms with Crippen LogP contribution in [0.25, 0.3) is 11.0 Å². The fraction of sp³-hybridized carbons (Fsp3) is 0.278. The van der Waals surface area contributed by atoms with Crippen LogP contribution in [0.2, 0.25) is 0 Å². The normalized spacial score (nSPS) is 12.5. The molecule has 0 fully saturated rings. The molecule has 0 radical (unpaired) electrons. The van der Waals surface area contributed by atoms with Gasteiger partial charge >= 0.3 is 0 Å². The Hall–Kier alpha value is -2.33. The molecule has 0 spiro atoms. The van der Waals surface area contributed by atoms with Gasteiger partial charge in [0.2, 0.25) is 0 Å². The van der Waals surface area contributed by atoms with Gasteiger partial charge in [-0.15, -0.1) is 0 Å². The first-order chi connectivity index (χ1) is 10.7. The first-order valence-electron chi connectivity index (χ1n) is 7.54. The second kappa shape index (κ2) is 6.20. The summed E-state index contributed by atoms with van der Waals surface area (Å²) < 4.78 is 7.96. The first-order valence-corrected chi connectivity index (χ1v) is 7.54. The van der Waals surface area contributed by atoms with Crippen LogP contribution in [0.5, 0.6) is 5.75 Å². The third-order valence-electron chi connectivity index (χ3n) is 3.81. The van der Waals surface area contributed by atoms with Crippen molar-refractivity contribution in [2.45, 2.75) is 26.5 Å². The maximum Gasteiger partial charge on any atom is 0.284 e. The number of benzene rings is 2. The fourth-order valence-electron chi connectivity index (χ4n) is 2.69. The van der Waals surface area contributed by atoms with Gasteiger partial charge in [0.25, 0.3) is 5.82 Å². The van der Waals surface area contributed by atoms with Gasteiger partial charge in [0.05, 0.1) is 0 Å². The van der Waals surface area contributed by atoms with E-state index >= 15 is 0 Å². The predicted molar refractivity (Wildman–Crippen MR) is 85.8 cm³/mol. The van der Waals surface area contributed by atoms with Crippen molar-refractivity contribution in [1.29, 1.82) is 0 Å². The van der Waals surface area contributed by atoms with Crippen molar-refractivity contribution in [3.63, 3.8) is 0 Å². The van der Waals surface area contributed by atoms with Crippen molar-refractivity contribution < 1.29 is 14.4 Å². The molecule has 2 N–H and O–H groups in total. The number of imidazole rings is 1. The highest BCUT2D eigenvalue weighted by Gasteiger charge is 2.21. The molecule has 1 atom stereocenters. The van der Waals surface area contributed by atoms with Crippen LogP contribution in [0, 0.1) is 6.92 Å². The lowest BCUT2D eigenvalue weighted by molar-refractivity contribution is -0.683. The number of fused-ring (bicyclic) bond motifs is 1. The molecule has 1 unspecified atom stereocenters. The summed E-state index contributed by atoms with van der Waals surface area (Å²) in [6.07, 6.45) is -0.550. The molecular weight excluding hydrogens is 276 g/mol. The summed E-state index contributed by atoms with van der Waals surface area (Å²) >= 11 is 0. The average Bonchev–Trinajstić information content (AvgIpc) is 2.88. The zero-order chi connectivity index (χ0) is 15.5. The van der Waals surface area contributed by atoms with E-state index in [2.05, 4.69) is 9.55 Å². The standard InChI is InChI=1S/C18H20N2O2/c1-13-7-3-6-10-17(13)22-12-11-20-16-9-5-4-8-15(16)19-18(20)14(2)21/h3-10,14,21H,11-12H2,1-2H3/p+1. The quantitative estimate of drug-likeness (QED) is 0.711. The summed E-state index contributed by atoms with van der Waals surface area (Å²) in [6.45, 7) is 5.04. The lowest BCUT2D eigenvalue weighted by Crippen LogP contribution is -2.40. The van der Waals surface area contributed by atoms with Gasteiger partial charge in [-0.1, -0.05) is 30.3 Å². The molecule has 3 rings (SSSR count). The van der Waals surface area contributed by atoms with Crippen LogP contribution < -0.4 is 9.30 Å². The van der Waals surface area contributed by atoms with Crippen LogP contribution in [-0.2, 0) is 6.54 Å². The lowest BCUT2D eigenvalue weighted by atomic mass is 10.2. The van der Waals surface area contributed by atoms with Crippen LogP contribution in [0.3, 0.4) is 0 Å². The molecule has 0 amide bonds. The molecule has 4 nitrogen and oxygen atoms in total. The van der Waals surface area contributed by atoms with E-state index in [1.165, 1.54) is 0 Å². The minimum Gasteiger partial charge on any atom is -0.489 e. The number of rotatable bonds is 5. The van der Waals surface area contributed by atoms with Crippen molar-refractivity contribution >= 4 is 11.0 Å². The van der Waals surface area contributed by atoms with Crippen LogP contribution in [0.15, 0.2) is 48.5 Å². The zero-order valence-electron chi connectivity index (χ0n) is 12.9. The Morgan fingerprint density at radius 2 is 1.86 bits per heavy atom. The van der Waals surface area contributed by atoms with Crippen LogP contribution in [0.1, 0.15) is 24.4 Å². The van der Waals surface area contributed by atoms with Gasteiger partial charge in [0.15, 0.2) is 17.1 Å². The zero-order valence-corrected chi connectivity index (χ0v) is 12.9. The maximum absolute atomic E-state index is 9.97. The van der Waals surface area contributed by atoms with Gasteiger partial charge in [0.1, 0.15) is 18.9 Å². The Morgan fingerprint density at radius 3 is 2.64 bits per heavy atom. The molecule has 0 aliphatic carbocycles. The Bertz CT molecular complexity index is 778. The van der Waals surface area contributed by atoms with Crippen LogP contribution >= 0.6 is 0 Å². The number of hydrogen-bond acceptors (Lipinski definition) is 2. The van der Waals surface area contributed by atoms with Gasteiger partial charge < -0.3 is 9.84 Å².